The topological polar surface area (TPSA) is 44.1 Å². The van der Waals surface area contributed by atoms with Gasteiger partial charge in [-0.3, -0.25) is 9.48 Å². The normalized spacial score (nSPS) is 11.0. The molecular formula is C20H17ClN2O2. The summed E-state index contributed by atoms with van der Waals surface area (Å²) in [5.41, 5.74) is 2.26. The zero-order valence-corrected chi connectivity index (χ0v) is 14.5. The van der Waals surface area contributed by atoms with Crippen molar-refractivity contribution < 1.29 is 9.53 Å². The Morgan fingerprint density at radius 3 is 2.52 bits per heavy atom. The first kappa shape index (κ1) is 17.0. The molecule has 1 heterocycles. The van der Waals surface area contributed by atoms with Crippen molar-refractivity contribution in [3.05, 3.63) is 88.7 Å². The van der Waals surface area contributed by atoms with Gasteiger partial charge in [-0.15, -0.1) is 0 Å². The lowest BCUT2D eigenvalue weighted by atomic mass is 10.1. The fourth-order valence-corrected chi connectivity index (χ4v) is 2.57. The van der Waals surface area contributed by atoms with E-state index in [2.05, 4.69) is 5.10 Å². The van der Waals surface area contributed by atoms with Crippen LogP contribution in [0.2, 0.25) is 5.02 Å². The van der Waals surface area contributed by atoms with Gasteiger partial charge in [-0.1, -0.05) is 60.1 Å². The van der Waals surface area contributed by atoms with Crippen molar-refractivity contribution in [1.29, 1.82) is 0 Å². The predicted octanol–water partition coefficient (Wildman–Crippen LogP) is 4.55. The van der Waals surface area contributed by atoms with Crippen LogP contribution in [0.5, 0.6) is 5.75 Å². The maximum Gasteiger partial charge on any atom is 0.207 e. The van der Waals surface area contributed by atoms with E-state index < -0.39 is 0 Å². The van der Waals surface area contributed by atoms with Gasteiger partial charge in [-0.05, 0) is 29.3 Å². The van der Waals surface area contributed by atoms with Crippen molar-refractivity contribution in [3.8, 4) is 5.75 Å². The Morgan fingerprint density at radius 1 is 1.16 bits per heavy atom. The average Bonchev–Trinajstić information content (AvgIpc) is 2.98. The summed E-state index contributed by atoms with van der Waals surface area (Å²) in [6, 6.07) is 17.5. The fourth-order valence-electron chi connectivity index (χ4n) is 2.29. The number of nitrogens with zero attached hydrogens (tertiary/aromatic N) is 2. The van der Waals surface area contributed by atoms with Gasteiger partial charge in [0, 0.05) is 13.2 Å². The molecular weight excluding hydrogens is 336 g/mol. The summed E-state index contributed by atoms with van der Waals surface area (Å²) in [4.78, 5) is 12.1. The van der Waals surface area contributed by atoms with Crippen molar-refractivity contribution in [3.63, 3.8) is 0 Å². The Balaban J connectivity index is 1.60. The molecule has 0 aliphatic carbocycles. The van der Waals surface area contributed by atoms with Gasteiger partial charge < -0.3 is 4.74 Å². The molecule has 0 saturated heterocycles. The smallest absolute Gasteiger partial charge is 0.207 e. The molecule has 0 spiro atoms. The Labute approximate surface area is 151 Å². The van der Waals surface area contributed by atoms with Gasteiger partial charge in [0.05, 0.1) is 5.02 Å². The van der Waals surface area contributed by atoms with E-state index in [1.807, 2.05) is 54.6 Å². The van der Waals surface area contributed by atoms with Gasteiger partial charge in [-0.25, -0.2) is 0 Å². The Bertz CT molecular complexity index is 884. The molecule has 0 aliphatic heterocycles. The first-order valence-electron chi connectivity index (χ1n) is 7.80. The van der Waals surface area contributed by atoms with Gasteiger partial charge in [0.2, 0.25) is 5.78 Å². The number of hydrogen-bond acceptors (Lipinski definition) is 3. The maximum atomic E-state index is 12.1. The third-order valence-electron chi connectivity index (χ3n) is 3.57. The number of aromatic nitrogens is 2. The van der Waals surface area contributed by atoms with E-state index in [-0.39, 0.29) is 11.5 Å². The minimum Gasteiger partial charge on any atom is -0.489 e. The van der Waals surface area contributed by atoms with E-state index in [4.69, 9.17) is 16.3 Å². The number of ether oxygens (including phenoxy) is 1. The first-order valence-corrected chi connectivity index (χ1v) is 8.18. The molecule has 3 rings (SSSR count). The summed E-state index contributed by atoms with van der Waals surface area (Å²) in [7, 11) is 1.72. The van der Waals surface area contributed by atoms with Crippen LogP contribution in [0.15, 0.2) is 66.9 Å². The van der Waals surface area contributed by atoms with Gasteiger partial charge in [0.25, 0.3) is 0 Å². The van der Waals surface area contributed by atoms with Crippen LogP contribution in [0.1, 0.15) is 21.6 Å². The van der Waals surface area contributed by atoms with Crippen molar-refractivity contribution in [2.75, 3.05) is 0 Å². The standard InChI is InChI=1S/C20H17ClN2O2/c1-23-13-18(21)20(22-23)19(24)12-9-15-7-10-17(11-8-15)25-14-16-5-3-2-4-6-16/h2-13H,14H2,1H3/b12-9+. The van der Waals surface area contributed by atoms with Crippen LogP contribution in [-0.2, 0) is 13.7 Å². The molecule has 0 radical (unpaired) electrons. The summed E-state index contributed by atoms with van der Waals surface area (Å²) >= 11 is 5.97. The van der Waals surface area contributed by atoms with Crippen molar-refractivity contribution in [1.82, 2.24) is 9.78 Å². The van der Waals surface area contributed by atoms with Crippen molar-refractivity contribution in [2.24, 2.45) is 7.05 Å². The Hall–Kier alpha value is -2.85. The molecule has 0 N–H and O–H groups in total. The molecule has 5 heteroatoms. The van der Waals surface area contributed by atoms with E-state index >= 15 is 0 Å². The van der Waals surface area contributed by atoms with Crippen LogP contribution < -0.4 is 4.74 Å². The van der Waals surface area contributed by atoms with Gasteiger partial charge >= 0.3 is 0 Å². The number of halogens is 1. The lowest BCUT2D eigenvalue weighted by molar-refractivity contribution is 0.104. The van der Waals surface area contributed by atoms with Gasteiger partial charge in [0.15, 0.2) is 5.69 Å². The predicted molar refractivity (Wildman–Crippen MR) is 98.8 cm³/mol. The molecule has 0 bridgehead atoms. The molecule has 4 nitrogen and oxygen atoms in total. The second kappa shape index (κ2) is 7.81. The quantitative estimate of drug-likeness (QED) is 0.483. The first-order chi connectivity index (χ1) is 12.1. The fraction of sp³-hybridized carbons (Fsp3) is 0.100. The molecule has 3 aromatic rings. The van der Waals surface area contributed by atoms with Crippen LogP contribution >= 0.6 is 11.6 Å². The highest BCUT2D eigenvalue weighted by atomic mass is 35.5. The lowest BCUT2D eigenvalue weighted by Gasteiger charge is -2.06. The molecule has 0 saturated carbocycles. The molecule has 126 valence electrons. The highest BCUT2D eigenvalue weighted by molar-refractivity contribution is 6.34. The third-order valence-corrected chi connectivity index (χ3v) is 3.85. The zero-order valence-electron chi connectivity index (χ0n) is 13.7. The van der Waals surface area contributed by atoms with Crippen LogP contribution in [0.4, 0.5) is 0 Å². The molecule has 2 aromatic carbocycles. The summed E-state index contributed by atoms with van der Waals surface area (Å²) in [6.07, 6.45) is 4.80. The molecule has 1 aromatic heterocycles. The van der Waals surface area contributed by atoms with Crippen LogP contribution in [-0.4, -0.2) is 15.6 Å². The van der Waals surface area contributed by atoms with Crippen LogP contribution in [0, 0.1) is 0 Å². The molecule has 0 atom stereocenters. The number of aryl methyl sites for hydroxylation is 1. The number of hydrogen-bond donors (Lipinski definition) is 0. The largest absolute Gasteiger partial charge is 0.489 e. The van der Waals surface area contributed by atoms with Crippen LogP contribution in [0.3, 0.4) is 0 Å². The van der Waals surface area contributed by atoms with Crippen molar-refractivity contribution in [2.45, 2.75) is 6.61 Å². The molecule has 0 fully saturated rings. The number of carbonyl (C=O) groups is 1. The summed E-state index contributed by atoms with van der Waals surface area (Å²) in [5, 5.41) is 4.40. The minimum absolute atomic E-state index is 0.227. The molecule has 25 heavy (non-hydrogen) atoms. The van der Waals surface area contributed by atoms with Crippen LogP contribution in [0.25, 0.3) is 6.08 Å². The number of allylic oxidation sites excluding steroid dienone is 1. The van der Waals surface area contributed by atoms with E-state index in [0.717, 1.165) is 16.9 Å². The SMILES string of the molecule is Cn1cc(Cl)c(C(=O)/C=C/c2ccc(OCc3ccccc3)cc2)n1. The molecule has 0 aliphatic rings. The second-order valence-electron chi connectivity index (χ2n) is 5.54. The Kier molecular flexibility index (Phi) is 5.31. The maximum absolute atomic E-state index is 12.1. The zero-order chi connectivity index (χ0) is 17.6. The van der Waals surface area contributed by atoms with E-state index in [1.54, 1.807) is 19.3 Å². The highest BCUT2D eigenvalue weighted by Crippen LogP contribution is 2.17. The lowest BCUT2D eigenvalue weighted by Crippen LogP contribution is -1.98. The van der Waals surface area contributed by atoms with Gasteiger partial charge in [0.1, 0.15) is 12.4 Å². The van der Waals surface area contributed by atoms with Crippen molar-refractivity contribution >= 4 is 23.5 Å². The third kappa shape index (κ3) is 4.58. The number of rotatable bonds is 6. The number of benzene rings is 2. The van der Waals surface area contributed by atoms with E-state index in [0.29, 0.717) is 11.6 Å². The molecule has 0 amide bonds. The van der Waals surface area contributed by atoms with Gasteiger partial charge in [-0.2, -0.15) is 5.10 Å². The minimum atomic E-state index is -0.227. The number of ketones is 1. The average molecular weight is 353 g/mol. The second-order valence-corrected chi connectivity index (χ2v) is 5.95. The number of carbonyl (C=O) groups excluding carboxylic acids is 1. The summed E-state index contributed by atoms with van der Waals surface area (Å²) < 4.78 is 7.26. The molecule has 0 unspecified atom stereocenters. The summed E-state index contributed by atoms with van der Waals surface area (Å²) in [5.74, 6) is 0.551. The van der Waals surface area contributed by atoms with E-state index in [1.165, 1.54) is 10.8 Å². The van der Waals surface area contributed by atoms with E-state index in [9.17, 15) is 4.79 Å². The Morgan fingerprint density at radius 2 is 1.88 bits per heavy atom. The summed E-state index contributed by atoms with van der Waals surface area (Å²) in [6.45, 7) is 0.521. The monoisotopic (exact) mass is 352 g/mol. The highest BCUT2D eigenvalue weighted by Gasteiger charge is 2.11.